The molecule has 204 valence electrons. The molecular formula is C19H33NO15. The second-order valence-electron chi connectivity index (χ2n) is 8.62. The van der Waals surface area contributed by atoms with Gasteiger partial charge in [0, 0.05) is 6.92 Å². The molecule has 0 aromatic carbocycles. The average Bonchev–Trinajstić information content (AvgIpc) is 2.82. The minimum Gasteiger partial charge on any atom is -0.394 e. The number of ether oxygens (including phenoxy) is 5. The molecule has 3 aliphatic heterocycles. The first-order chi connectivity index (χ1) is 16.5. The third-order valence-corrected chi connectivity index (χ3v) is 6.10. The van der Waals surface area contributed by atoms with Crippen molar-refractivity contribution in [3.8, 4) is 0 Å². The summed E-state index contributed by atoms with van der Waals surface area (Å²) in [6.45, 7) is -0.817. The molecule has 0 bridgehead atoms. The molecule has 3 aliphatic rings. The number of rotatable bonds is 7. The number of carbonyl (C=O) groups excluding carboxylic acids is 1. The lowest BCUT2D eigenvalue weighted by Gasteiger charge is -2.49. The highest BCUT2D eigenvalue weighted by Crippen LogP contribution is 2.32. The summed E-state index contributed by atoms with van der Waals surface area (Å²) in [5.74, 6) is -0.645. The molecule has 3 heterocycles. The van der Waals surface area contributed by atoms with Gasteiger partial charge in [-0.25, -0.2) is 0 Å². The first-order valence-electron chi connectivity index (χ1n) is 11.0. The fourth-order valence-corrected chi connectivity index (χ4v) is 4.17. The van der Waals surface area contributed by atoms with Crippen LogP contribution in [0.2, 0.25) is 0 Å². The molecular weight excluding hydrogens is 482 g/mol. The van der Waals surface area contributed by atoms with E-state index in [1.807, 2.05) is 0 Å². The van der Waals surface area contributed by atoms with Crippen LogP contribution < -0.4 is 5.32 Å². The van der Waals surface area contributed by atoms with E-state index >= 15 is 0 Å². The predicted octanol–water partition coefficient (Wildman–Crippen LogP) is -6.79. The lowest BCUT2D eigenvalue weighted by atomic mass is 9.94. The fourth-order valence-electron chi connectivity index (χ4n) is 4.17. The zero-order chi connectivity index (χ0) is 26.0. The first-order valence-corrected chi connectivity index (χ1v) is 11.0. The van der Waals surface area contributed by atoms with E-state index in [1.165, 1.54) is 0 Å². The van der Waals surface area contributed by atoms with Gasteiger partial charge in [-0.05, 0) is 0 Å². The van der Waals surface area contributed by atoms with Crippen LogP contribution in [0, 0.1) is 0 Å². The van der Waals surface area contributed by atoms with Crippen LogP contribution in [-0.4, -0.2) is 158 Å². The molecule has 16 heteroatoms. The molecule has 3 fully saturated rings. The number of hydrogen-bond acceptors (Lipinski definition) is 15. The van der Waals surface area contributed by atoms with E-state index in [4.69, 9.17) is 23.7 Å². The number of nitrogens with one attached hydrogen (secondary N) is 1. The minimum atomic E-state index is -1.85. The topological polar surface area (TPSA) is 257 Å². The van der Waals surface area contributed by atoms with Gasteiger partial charge in [0.25, 0.3) is 0 Å². The summed E-state index contributed by atoms with van der Waals surface area (Å²) in [4.78, 5) is 11.8. The molecule has 0 aromatic rings. The van der Waals surface area contributed by atoms with Gasteiger partial charge in [-0.3, -0.25) is 4.79 Å². The van der Waals surface area contributed by atoms with Gasteiger partial charge >= 0.3 is 0 Å². The Balaban J connectivity index is 1.90. The molecule has 3 saturated heterocycles. The molecule has 0 saturated carbocycles. The maximum absolute atomic E-state index is 11.8. The van der Waals surface area contributed by atoms with Crippen molar-refractivity contribution in [3.63, 3.8) is 0 Å². The molecule has 1 amide bonds. The second kappa shape index (κ2) is 12.0. The molecule has 0 aromatic heterocycles. The van der Waals surface area contributed by atoms with E-state index < -0.39 is 112 Å². The standard InChI is InChI=1S/C19H33NO15/c1-5(23)20-9-16(35-19-14(29)12(27)11(26)7(2-21)33-19)15(8(3-22)32-17(9)30)34-18-13(28)10(25)6(24)4-31-18/h6-19,21-22,24-30H,2-4H2,1H3,(H,20,23)/t6-,7-,8-,9-,10-,11+,12+,13+,14-,15-,16-,17?,18+,19+/m1/s1. The minimum absolute atomic E-state index is 0.420. The van der Waals surface area contributed by atoms with Crippen molar-refractivity contribution in [1.29, 1.82) is 0 Å². The van der Waals surface area contributed by atoms with Crippen LogP contribution in [-0.2, 0) is 28.5 Å². The molecule has 10 N–H and O–H groups in total. The van der Waals surface area contributed by atoms with Crippen molar-refractivity contribution >= 4 is 5.91 Å². The van der Waals surface area contributed by atoms with Crippen molar-refractivity contribution in [1.82, 2.24) is 5.32 Å². The molecule has 3 rings (SSSR count). The van der Waals surface area contributed by atoms with Gasteiger partial charge in [0.2, 0.25) is 5.91 Å². The lowest BCUT2D eigenvalue weighted by molar-refractivity contribution is -0.365. The normalized spacial score (nSPS) is 49.0. The Bertz CT molecular complexity index is 699. The highest BCUT2D eigenvalue weighted by atomic mass is 16.7. The molecule has 0 spiro atoms. The van der Waals surface area contributed by atoms with Gasteiger partial charge < -0.3 is 75.0 Å². The quantitative estimate of drug-likeness (QED) is 0.151. The summed E-state index contributed by atoms with van der Waals surface area (Å²) in [5.41, 5.74) is 0. The molecule has 35 heavy (non-hydrogen) atoms. The summed E-state index contributed by atoms with van der Waals surface area (Å²) in [5, 5.41) is 92.5. The second-order valence-corrected chi connectivity index (χ2v) is 8.62. The number of aliphatic hydroxyl groups is 9. The van der Waals surface area contributed by atoms with E-state index in [1.54, 1.807) is 0 Å². The molecule has 16 nitrogen and oxygen atoms in total. The van der Waals surface area contributed by atoms with Gasteiger partial charge in [-0.1, -0.05) is 0 Å². The van der Waals surface area contributed by atoms with Gasteiger partial charge in [0.1, 0.15) is 67.1 Å². The Morgan fingerprint density at radius 2 is 1.40 bits per heavy atom. The summed E-state index contributed by atoms with van der Waals surface area (Å²) in [7, 11) is 0. The lowest BCUT2D eigenvalue weighted by Crippen LogP contribution is -2.69. The Hall–Kier alpha value is -1.09. The monoisotopic (exact) mass is 515 g/mol. The Morgan fingerprint density at radius 1 is 0.800 bits per heavy atom. The Labute approximate surface area is 199 Å². The summed E-state index contributed by atoms with van der Waals surface area (Å²) in [6.07, 6.45) is -20.9. The summed E-state index contributed by atoms with van der Waals surface area (Å²) >= 11 is 0. The number of aliphatic hydroxyl groups excluding tert-OH is 9. The smallest absolute Gasteiger partial charge is 0.217 e. The zero-order valence-electron chi connectivity index (χ0n) is 18.7. The van der Waals surface area contributed by atoms with E-state index in [9.17, 15) is 50.8 Å². The van der Waals surface area contributed by atoms with E-state index in [-0.39, 0.29) is 0 Å². The Morgan fingerprint density at radius 3 is 2.00 bits per heavy atom. The summed E-state index contributed by atoms with van der Waals surface area (Å²) < 4.78 is 27.3. The summed E-state index contributed by atoms with van der Waals surface area (Å²) in [6, 6.07) is -1.41. The van der Waals surface area contributed by atoms with Gasteiger partial charge in [0.05, 0.1) is 19.8 Å². The van der Waals surface area contributed by atoms with Crippen LogP contribution in [0.1, 0.15) is 6.92 Å². The van der Waals surface area contributed by atoms with Crippen LogP contribution >= 0.6 is 0 Å². The largest absolute Gasteiger partial charge is 0.394 e. The van der Waals surface area contributed by atoms with Gasteiger partial charge in [-0.15, -0.1) is 0 Å². The van der Waals surface area contributed by atoms with E-state index in [0.717, 1.165) is 6.92 Å². The maximum Gasteiger partial charge on any atom is 0.217 e. The van der Waals surface area contributed by atoms with Crippen LogP contribution in [0.25, 0.3) is 0 Å². The third kappa shape index (κ3) is 6.08. The van der Waals surface area contributed by atoms with Crippen LogP contribution in [0.5, 0.6) is 0 Å². The van der Waals surface area contributed by atoms with Gasteiger partial charge in [0.15, 0.2) is 18.9 Å². The van der Waals surface area contributed by atoms with E-state index in [0.29, 0.717) is 0 Å². The van der Waals surface area contributed by atoms with Crippen molar-refractivity contribution in [3.05, 3.63) is 0 Å². The number of hydrogen-bond donors (Lipinski definition) is 10. The molecule has 0 aliphatic carbocycles. The third-order valence-electron chi connectivity index (χ3n) is 6.10. The fraction of sp³-hybridized carbons (Fsp3) is 0.947. The van der Waals surface area contributed by atoms with Crippen LogP contribution in [0.15, 0.2) is 0 Å². The number of amides is 1. The van der Waals surface area contributed by atoms with Crippen LogP contribution in [0.4, 0.5) is 0 Å². The van der Waals surface area contributed by atoms with Crippen molar-refractivity contribution in [2.75, 3.05) is 19.8 Å². The van der Waals surface area contributed by atoms with Crippen molar-refractivity contribution < 1.29 is 74.4 Å². The highest BCUT2D eigenvalue weighted by Gasteiger charge is 2.53. The molecule has 0 radical (unpaired) electrons. The van der Waals surface area contributed by atoms with E-state index in [2.05, 4.69) is 5.32 Å². The SMILES string of the molecule is CC(=O)N[C@H]1C(O)O[C@H](CO)[C@@H](O[C@@H]2OC[C@@H](O)[C@@H](O)[C@@H]2O)[C@@H]1O[C@@H]1O[C@H](CO)[C@H](O)[C@H](O)[C@H]1O. The molecule has 1 unspecified atom stereocenters. The molecule has 14 atom stereocenters. The highest BCUT2D eigenvalue weighted by molar-refractivity contribution is 5.73. The van der Waals surface area contributed by atoms with Gasteiger partial charge in [-0.2, -0.15) is 0 Å². The zero-order valence-corrected chi connectivity index (χ0v) is 18.7. The van der Waals surface area contributed by atoms with Crippen molar-refractivity contribution in [2.24, 2.45) is 0 Å². The first kappa shape index (κ1) is 28.5. The average molecular weight is 515 g/mol. The van der Waals surface area contributed by atoms with Crippen molar-refractivity contribution in [2.45, 2.75) is 92.9 Å². The number of carbonyl (C=O) groups is 1. The van der Waals surface area contributed by atoms with Crippen LogP contribution in [0.3, 0.4) is 0 Å². The maximum atomic E-state index is 11.8. The Kier molecular flexibility index (Phi) is 9.74. The predicted molar refractivity (Wildman–Crippen MR) is 107 cm³/mol.